The van der Waals surface area contributed by atoms with Gasteiger partial charge in [-0.3, -0.25) is 4.79 Å². The van der Waals surface area contributed by atoms with Crippen LogP contribution in [0.4, 0.5) is 0 Å². The highest BCUT2D eigenvalue weighted by Crippen LogP contribution is 2.31. The minimum Gasteiger partial charge on any atom is -0.482 e. The van der Waals surface area contributed by atoms with Crippen molar-refractivity contribution in [1.29, 1.82) is 0 Å². The minimum atomic E-state index is -3.71. The number of benzene rings is 2. The largest absolute Gasteiger partial charge is 0.482 e. The third-order valence-corrected chi connectivity index (χ3v) is 7.51. The van der Waals surface area contributed by atoms with E-state index in [0.29, 0.717) is 10.8 Å². The quantitative estimate of drug-likeness (QED) is 0.680. The lowest BCUT2D eigenvalue weighted by atomic mass is 10.3. The van der Waals surface area contributed by atoms with Crippen LogP contribution in [0.15, 0.2) is 47.4 Å². The lowest BCUT2D eigenvalue weighted by Gasteiger charge is -2.34. The van der Waals surface area contributed by atoms with Gasteiger partial charge in [0.25, 0.3) is 5.91 Å². The van der Waals surface area contributed by atoms with Crippen molar-refractivity contribution in [2.45, 2.75) is 4.90 Å². The Kier molecular flexibility index (Phi) is 6.73. The molecule has 0 unspecified atom stereocenters. The normalized spacial score (nSPS) is 15.5. The fourth-order valence-corrected chi connectivity index (χ4v) is 5.06. The molecule has 0 N–H and O–H groups in total. The molecule has 10 heteroatoms. The fraction of sp³-hybridized carbons (Fsp3) is 0.278. The van der Waals surface area contributed by atoms with Crippen molar-refractivity contribution in [2.75, 3.05) is 32.8 Å². The maximum atomic E-state index is 12.8. The van der Waals surface area contributed by atoms with Gasteiger partial charge in [0.05, 0.1) is 10.0 Å². The number of nitrogens with zero attached hydrogens (tertiary/aromatic N) is 2. The monoisotopic (exact) mass is 462 g/mol. The summed E-state index contributed by atoms with van der Waals surface area (Å²) in [5.41, 5.74) is 0. The molecule has 0 aliphatic carbocycles. The van der Waals surface area contributed by atoms with Gasteiger partial charge in [0.1, 0.15) is 15.7 Å². The standard InChI is InChI=1S/C18H17Cl3N2O4S/c19-13-4-1-2-7-16(13)28(25,26)23-10-8-22(9-11-23)17(24)12-27-15-6-3-5-14(20)18(15)21/h1-7H,8-12H2. The van der Waals surface area contributed by atoms with Gasteiger partial charge in [-0.1, -0.05) is 53.0 Å². The molecular weight excluding hydrogens is 447 g/mol. The maximum Gasteiger partial charge on any atom is 0.260 e. The van der Waals surface area contributed by atoms with Gasteiger partial charge in [0.2, 0.25) is 10.0 Å². The van der Waals surface area contributed by atoms with Crippen LogP contribution in [-0.4, -0.2) is 56.3 Å². The SMILES string of the molecule is O=C(COc1cccc(Cl)c1Cl)N1CCN(S(=O)(=O)c2ccccc2Cl)CC1. The van der Waals surface area contributed by atoms with E-state index in [2.05, 4.69) is 0 Å². The van der Waals surface area contributed by atoms with Crippen LogP contribution in [0.2, 0.25) is 15.1 Å². The van der Waals surface area contributed by atoms with Crippen molar-refractivity contribution in [1.82, 2.24) is 9.21 Å². The predicted molar refractivity (Wildman–Crippen MR) is 109 cm³/mol. The molecule has 0 bridgehead atoms. The van der Waals surface area contributed by atoms with E-state index in [1.165, 1.54) is 16.4 Å². The average Bonchev–Trinajstić information content (AvgIpc) is 2.69. The zero-order valence-corrected chi connectivity index (χ0v) is 17.7. The predicted octanol–water partition coefficient (Wildman–Crippen LogP) is 3.56. The topological polar surface area (TPSA) is 66.9 Å². The Morgan fingerprint density at radius 2 is 1.57 bits per heavy atom. The maximum absolute atomic E-state index is 12.8. The van der Waals surface area contributed by atoms with Crippen LogP contribution in [0.25, 0.3) is 0 Å². The van der Waals surface area contributed by atoms with Gasteiger partial charge in [-0.25, -0.2) is 8.42 Å². The molecule has 1 aliphatic heterocycles. The number of hydrogen-bond acceptors (Lipinski definition) is 4. The van der Waals surface area contributed by atoms with E-state index in [1.54, 1.807) is 35.2 Å². The summed E-state index contributed by atoms with van der Waals surface area (Å²) >= 11 is 18.0. The second-order valence-corrected chi connectivity index (χ2v) is 9.15. The van der Waals surface area contributed by atoms with Crippen LogP contribution in [0.1, 0.15) is 0 Å². The number of halogens is 3. The molecule has 1 fully saturated rings. The Bertz CT molecular complexity index is 977. The molecule has 2 aromatic rings. The second-order valence-electron chi connectivity index (χ2n) is 6.06. The summed E-state index contributed by atoms with van der Waals surface area (Å²) < 4.78 is 32.3. The van der Waals surface area contributed by atoms with Crippen molar-refractivity contribution in [3.63, 3.8) is 0 Å². The van der Waals surface area contributed by atoms with Crippen LogP contribution in [0.5, 0.6) is 5.75 Å². The van der Waals surface area contributed by atoms with Gasteiger partial charge >= 0.3 is 0 Å². The Balaban J connectivity index is 1.58. The Morgan fingerprint density at radius 1 is 0.929 bits per heavy atom. The van der Waals surface area contributed by atoms with E-state index in [0.717, 1.165) is 0 Å². The Hall–Kier alpha value is -1.51. The highest BCUT2D eigenvalue weighted by atomic mass is 35.5. The van der Waals surface area contributed by atoms with Crippen molar-refractivity contribution < 1.29 is 17.9 Å². The molecule has 6 nitrogen and oxygen atoms in total. The number of carbonyl (C=O) groups excluding carboxylic acids is 1. The van der Waals surface area contributed by atoms with Gasteiger partial charge in [0.15, 0.2) is 6.61 Å². The summed E-state index contributed by atoms with van der Waals surface area (Å²) in [5.74, 6) is 0.0632. The molecule has 0 saturated carbocycles. The molecule has 28 heavy (non-hydrogen) atoms. The third-order valence-electron chi connectivity index (χ3n) is 4.31. The first-order chi connectivity index (χ1) is 13.3. The second kappa shape index (κ2) is 8.88. The summed E-state index contributed by atoms with van der Waals surface area (Å²) in [6, 6.07) is 11.2. The summed E-state index contributed by atoms with van der Waals surface area (Å²) in [7, 11) is -3.71. The number of amides is 1. The molecular formula is C18H17Cl3N2O4S. The smallest absolute Gasteiger partial charge is 0.260 e. The van der Waals surface area contributed by atoms with E-state index in [1.807, 2.05) is 0 Å². The van der Waals surface area contributed by atoms with Gasteiger partial charge in [-0.05, 0) is 24.3 Å². The highest BCUT2D eigenvalue weighted by Gasteiger charge is 2.31. The van der Waals surface area contributed by atoms with Gasteiger partial charge < -0.3 is 9.64 Å². The van der Waals surface area contributed by atoms with E-state index in [9.17, 15) is 13.2 Å². The first-order valence-electron chi connectivity index (χ1n) is 8.40. The van der Waals surface area contributed by atoms with Crippen molar-refractivity contribution in [3.8, 4) is 5.75 Å². The van der Waals surface area contributed by atoms with Crippen LogP contribution in [0, 0.1) is 0 Å². The first kappa shape index (κ1) is 21.2. The number of sulfonamides is 1. The van der Waals surface area contributed by atoms with E-state index in [4.69, 9.17) is 39.5 Å². The van der Waals surface area contributed by atoms with E-state index in [-0.39, 0.29) is 53.6 Å². The van der Waals surface area contributed by atoms with Crippen molar-refractivity contribution in [3.05, 3.63) is 57.5 Å². The molecule has 0 aromatic heterocycles. The highest BCUT2D eigenvalue weighted by molar-refractivity contribution is 7.89. The van der Waals surface area contributed by atoms with E-state index >= 15 is 0 Å². The van der Waals surface area contributed by atoms with E-state index < -0.39 is 10.0 Å². The molecule has 1 saturated heterocycles. The summed E-state index contributed by atoms with van der Waals surface area (Å²) in [5, 5.41) is 0.755. The van der Waals surface area contributed by atoms with Crippen LogP contribution < -0.4 is 4.74 Å². The Labute approximate surface area is 178 Å². The molecule has 1 amide bonds. The van der Waals surface area contributed by atoms with Crippen molar-refractivity contribution in [2.24, 2.45) is 0 Å². The number of rotatable bonds is 5. The molecule has 2 aromatic carbocycles. The van der Waals surface area contributed by atoms with Crippen molar-refractivity contribution >= 4 is 50.7 Å². The number of carbonyl (C=O) groups is 1. The number of piperazine rings is 1. The van der Waals surface area contributed by atoms with Gasteiger partial charge in [0, 0.05) is 26.2 Å². The van der Waals surface area contributed by atoms with Gasteiger partial charge in [-0.2, -0.15) is 4.31 Å². The average molecular weight is 464 g/mol. The van der Waals surface area contributed by atoms with Crippen LogP contribution in [-0.2, 0) is 14.8 Å². The first-order valence-corrected chi connectivity index (χ1v) is 11.0. The molecule has 1 aliphatic rings. The summed E-state index contributed by atoms with van der Waals surface area (Å²) in [6.45, 7) is 0.663. The zero-order chi connectivity index (χ0) is 20.3. The van der Waals surface area contributed by atoms with Crippen LogP contribution in [0.3, 0.4) is 0 Å². The molecule has 0 radical (unpaired) electrons. The van der Waals surface area contributed by atoms with Crippen LogP contribution >= 0.6 is 34.8 Å². The number of ether oxygens (including phenoxy) is 1. The third kappa shape index (κ3) is 4.55. The van der Waals surface area contributed by atoms with Gasteiger partial charge in [-0.15, -0.1) is 0 Å². The molecule has 0 atom stereocenters. The fourth-order valence-electron chi connectivity index (χ4n) is 2.80. The summed E-state index contributed by atoms with van der Waals surface area (Å²) in [4.78, 5) is 14.0. The lowest BCUT2D eigenvalue weighted by molar-refractivity contribution is -0.134. The summed E-state index contributed by atoms with van der Waals surface area (Å²) in [6.07, 6.45) is 0. The number of hydrogen-bond donors (Lipinski definition) is 0. The lowest BCUT2D eigenvalue weighted by Crippen LogP contribution is -2.51. The molecule has 150 valence electrons. The molecule has 0 spiro atoms. The molecule has 1 heterocycles. The Morgan fingerprint density at radius 3 is 2.25 bits per heavy atom. The zero-order valence-electron chi connectivity index (χ0n) is 14.6. The molecule has 3 rings (SSSR count). The minimum absolute atomic E-state index is 0.0652.